The lowest BCUT2D eigenvalue weighted by Crippen LogP contribution is -2.07. The minimum atomic E-state index is -0.154. The maximum Gasteiger partial charge on any atom is 0.198 e. The van der Waals surface area contributed by atoms with Gasteiger partial charge >= 0.3 is 0 Å². The van der Waals surface area contributed by atoms with E-state index in [1.807, 2.05) is 6.07 Å². The van der Waals surface area contributed by atoms with Gasteiger partial charge in [-0.25, -0.2) is 0 Å². The first kappa shape index (κ1) is 13.5. The molecule has 2 aromatic rings. The fraction of sp³-hybridized carbons (Fsp3) is 0.133. The van der Waals surface area contributed by atoms with E-state index in [0.29, 0.717) is 34.2 Å². The zero-order valence-corrected chi connectivity index (χ0v) is 12.8. The van der Waals surface area contributed by atoms with Gasteiger partial charge in [0.2, 0.25) is 0 Å². The average molecular weight is 353 g/mol. The summed E-state index contributed by atoms with van der Waals surface area (Å²) in [4.78, 5) is 12.7. The number of carbonyl (C=O) groups excluding carboxylic acids is 1. The topological polar surface area (TPSA) is 52.3 Å². The van der Waals surface area contributed by atoms with Crippen LogP contribution in [-0.4, -0.2) is 12.4 Å². The van der Waals surface area contributed by atoms with Crippen molar-refractivity contribution in [2.45, 2.75) is 6.42 Å². The molecule has 0 saturated heterocycles. The molecule has 1 heterocycles. The summed E-state index contributed by atoms with van der Waals surface area (Å²) in [6, 6.07) is 8.62. The van der Waals surface area contributed by atoms with Crippen molar-refractivity contribution in [1.82, 2.24) is 0 Å². The molecule has 2 aromatic carbocycles. The molecule has 0 aliphatic carbocycles. The SMILES string of the molecule is Nc1cc(Cl)ccc1C(=O)c1cc(Br)cc2c1OCC2. The lowest BCUT2D eigenvalue weighted by atomic mass is 9.99. The van der Waals surface area contributed by atoms with Crippen LogP contribution < -0.4 is 10.5 Å². The van der Waals surface area contributed by atoms with Gasteiger partial charge < -0.3 is 10.5 Å². The van der Waals surface area contributed by atoms with Crippen LogP contribution in [0, 0.1) is 0 Å². The number of rotatable bonds is 2. The van der Waals surface area contributed by atoms with Crippen molar-refractivity contribution in [1.29, 1.82) is 0 Å². The molecular formula is C15H11BrClNO2. The molecule has 3 rings (SSSR count). The normalized spacial score (nSPS) is 12.9. The van der Waals surface area contributed by atoms with Crippen LogP contribution in [0.4, 0.5) is 5.69 Å². The molecule has 20 heavy (non-hydrogen) atoms. The highest BCUT2D eigenvalue weighted by molar-refractivity contribution is 9.10. The Labute approximate surface area is 129 Å². The first-order chi connectivity index (χ1) is 9.56. The van der Waals surface area contributed by atoms with Gasteiger partial charge in [-0.2, -0.15) is 0 Å². The third kappa shape index (κ3) is 2.30. The largest absolute Gasteiger partial charge is 0.492 e. The zero-order chi connectivity index (χ0) is 14.3. The van der Waals surface area contributed by atoms with E-state index in [1.54, 1.807) is 24.3 Å². The van der Waals surface area contributed by atoms with E-state index >= 15 is 0 Å². The van der Waals surface area contributed by atoms with E-state index in [1.165, 1.54) is 0 Å². The van der Waals surface area contributed by atoms with Crippen LogP contribution in [0.1, 0.15) is 21.5 Å². The molecule has 0 amide bonds. The van der Waals surface area contributed by atoms with Gasteiger partial charge in [-0.3, -0.25) is 4.79 Å². The lowest BCUT2D eigenvalue weighted by molar-refractivity contribution is 0.103. The van der Waals surface area contributed by atoms with E-state index in [0.717, 1.165) is 16.5 Å². The van der Waals surface area contributed by atoms with Gasteiger partial charge in [0, 0.05) is 27.2 Å². The number of hydrogen-bond acceptors (Lipinski definition) is 3. The Morgan fingerprint density at radius 1 is 1.25 bits per heavy atom. The maximum atomic E-state index is 12.7. The summed E-state index contributed by atoms with van der Waals surface area (Å²) in [7, 11) is 0. The van der Waals surface area contributed by atoms with Gasteiger partial charge in [0.25, 0.3) is 0 Å². The van der Waals surface area contributed by atoms with Crippen molar-refractivity contribution >= 4 is 39.0 Å². The Kier molecular flexibility index (Phi) is 3.44. The number of hydrogen-bond donors (Lipinski definition) is 1. The monoisotopic (exact) mass is 351 g/mol. The Morgan fingerprint density at radius 3 is 2.80 bits per heavy atom. The van der Waals surface area contributed by atoms with Gasteiger partial charge in [-0.15, -0.1) is 0 Å². The van der Waals surface area contributed by atoms with Crippen LogP contribution in [0.5, 0.6) is 5.75 Å². The molecule has 0 bridgehead atoms. The highest BCUT2D eigenvalue weighted by atomic mass is 79.9. The number of ether oxygens (including phenoxy) is 1. The molecule has 1 aliphatic rings. The van der Waals surface area contributed by atoms with Crippen molar-refractivity contribution < 1.29 is 9.53 Å². The van der Waals surface area contributed by atoms with Gasteiger partial charge in [0.1, 0.15) is 5.75 Å². The van der Waals surface area contributed by atoms with Crippen molar-refractivity contribution in [3.8, 4) is 5.75 Å². The number of carbonyl (C=O) groups is 1. The molecule has 5 heteroatoms. The van der Waals surface area contributed by atoms with Gasteiger partial charge in [-0.05, 0) is 35.9 Å². The quantitative estimate of drug-likeness (QED) is 0.660. The standard InChI is InChI=1S/C15H11BrClNO2/c16-9-5-8-3-4-20-15(8)12(6-9)14(19)11-2-1-10(17)7-13(11)18/h1-2,5-7H,3-4,18H2. The fourth-order valence-electron chi connectivity index (χ4n) is 2.32. The van der Waals surface area contributed by atoms with Crippen LogP contribution in [0.15, 0.2) is 34.8 Å². The summed E-state index contributed by atoms with van der Waals surface area (Å²) in [6.07, 6.45) is 0.811. The molecule has 0 saturated carbocycles. The minimum absolute atomic E-state index is 0.154. The zero-order valence-electron chi connectivity index (χ0n) is 10.5. The number of benzene rings is 2. The van der Waals surface area contributed by atoms with E-state index in [9.17, 15) is 4.79 Å². The van der Waals surface area contributed by atoms with E-state index in [-0.39, 0.29) is 5.78 Å². The summed E-state index contributed by atoms with van der Waals surface area (Å²) in [5.74, 6) is 0.506. The van der Waals surface area contributed by atoms with Crippen molar-refractivity contribution in [2.75, 3.05) is 12.3 Å². The molecule has 0 aromatic heterocycles. The molecule has 0 spiro atoms. The number of fused-ring (bicyclic) bond motifs is 1. The molecule has 0 atom stereocenters. The molecule has 3 nitrogen and oxygen atoms in total. The Morgan fingerprint density at radius 2 is 2.05 bits per heavy atom. The summed E-state index contributed by atoms with van der Waals surface area (Å²) in [5, 5.41) is 0.509. The van der Waals surface area contributed by atoms with E-state index < -0.39 is 0 Å². The minimum Gasteiger partial charge on any atom is -0.492 e. The molecule has 0 fully saturated rings. The molecule has 1 aliphatic heterocycles. The Bertz CT molecular complexity index is 715. The third-order valence-electron chi connectivity index (χ3n) is 3.25. The van der Waals surface area contributed by atoms with Crippen LogP contribution in [0.25, 0.3) is 0 Å². The van der Waals surface area contributed by atoms with Gasteiger partial charge in [-0.1, -0.05) is 27.5 Å². The molecule has 102 valence electrons. The fourth-order valence-corrected chi connectivity index (χ4v) is 3.01. The predicted molar refractivity (Wildman–Crippen MR) is 82.6 cm³/mol. The second-order valence-corrected chi connectivity index (χ2v) is 5.95. The van der Waals surface area contributed by atoms with E-state index in [2.05, 4.69) is 15.9 Å². The van der Waals surface area contributed by atoms with Crippen LogP contribution in [0.2, 0.25) is 5.02 Å². The molecule has 0 radical (unpaired) electrons. The first-order valence-electron chi connectivity index (χ1n) is 6.11. The van der Waals surface area contributed by atoms with Crippen molar-refractivity contribution in [3.63, 3.8) is 0 Å². The number of nitrogen functional groups attached to an aromatic ring is 1. The van der Waals surface area contributed by atoms with Crippen molar-refractivity contribution in [2.24, 2.45) is 0 Å². The summed E-state index contributed by atoms with van der Waals surface area (Å²) in [6.45, 7) is 0.599. The molecule has 2 N–H and O–H groups in total. The smallest absolute Gasteiger partial charge is 0.198 e. The summed E-state index contributed by atoms with van der Waals surface area (Å²) in [5.41, 5.74) is 8.26. The number of nitrogens with two attached hydrogens (primary N) is 1. The highest BCUT2D eigenvalue weighted by Gasteiger charge is 2.23. The van der Waals surface area contributed by atoms with Gasteiger partial charge in [0.05, 0.1) is 12.2 Å². The second kappa shape index (κ2) is 5.11. The molecule has 0 unspecified atom stereocenters. The second-order valence-electron chi connectivity index (χ2n) is 4.60. The average Bonchev–Trinajstić information content (AvgIpc) is 2.85. The maximum absolute atomic E-state index is 12.7. The highest BCUT2D eigenvalue weighted by Crippen LogP contribution is 2.35. The van der Waals surface area contributed by atoms with Crippen molar-refractivity contribution in [3.05, 3.63) is 56.5 Å². The Hall–Kier alpha value is -1.52. The summed E-state index contributed by atoms with van der Waals surface area (Å²) >= 11 is 9.29. The number of halogens is 2. The van der Waals surface area contributed by atoms with Crippen LogP contribution in [-0.2, 0) is 6.42 Å². The number of anilines is 1. The van der Waals surface area contributed by atoms with Gasteiger partial charge in [0.15, 0.2) is 5.78 Å². The lowest BCUT2D eigenvalue weighted by Gasteiger charge is -2.10. The predicted octanol–water partition coefficient (Wildman–Crippen LogP) is 3.85. The first-order valence-corrected chi connectivity index (χ1v) is 7.28. The van der Waals surface area contributed by atoms with E-state index in [4.69, 9.17) is 22.1 Å². The molecular weight excluding hydrogens is 342 g/mol. The third-order valence-corrected chi connectivity index (χ3v) is 3.94. The van der Waals surface area contributed by atoms with Crippen LogP contribution >= 0.6 is 27.5 Å². The number of ketones is 1. The summed E-state index contributed by atoms with van der Waals surface area (Å²) < 4.78 is 6.44. The van der Waals surface area contributed by atoms with Crippen LogP contribution in [0.3, 0.4) is 0 Å². The Balaban J connectivity index is 2.11.